The number of aryl methyl sites for hydroxylation is 2. The number of hydrogen-bond donors (Lipinski definition) is 1. The lowest BCUT2D eigenvalue weighted by Crippen LogP contribution is -2.34. The predicted octanol–water partition coefficient (Wildman–Crippen LogP) is 8.87. The third-order valence-corrected chi connectivity index (χ3v) is 13.2. The van der Waals surface area contributed by atoms with Gasteiger partial charge >= 0.3 is 12.1 Å². The molecule has 3 aromatic heterocycles. The number of carbonyl (C=O) groups excluding carboxylic acids is 2. The topological polar surface area (TPSA) is 154 Å². The van der Waals surface area contributed by atoms with Crippen molar-refractivity contribution in [1.82, 2.24) is 24.6 Å². The minimum Gasteiger partial charge on any atom is -0.491 e. The van der Waals surface area contributed by atoms with E-state index in [0.29, 0.717) is 72.8 Å². The van der Waals surface area contributed by atoms with Crippen molar-refractivity contribution in [3.8, 4) is 17.6 Å². The predicted molar refractivity (Wildman–Crippen MR) is 249 cm³/mol. The minimum absolute atomic E-state index is 0.0219. The van der Waals surface area contributed by atoms with E-state index in [9.17, 15) is 14.7 Å². The first-order valence-corrected chi connectivity index (χ1v) is 26.2. The number of nitrogens with zero attached hydrogens (tertiary/aromatic N) is 7. The van der Waals surface area contributed by atoms with Gasteiger partial charge in [0.15, 0.2) is 38.8 Å². The monoisotopic (exact) mass is 919 g/mol. The molecule has 0 aliphatic heterocycles. The van der Waals surface area contributed by atoms with Crippen LogP contribution in [0.25, 0.3) is 10.2 Å². The summed E-state index contributed by atoms with van der Waals surface area (Å²) in [5, 5.41) is 19.3. The molecule has 18 heteroatoms. The molecule has 63 heavy (non-hydrogen) atoms. The molecule has 5 aromatic rings. The molecule has 0 bridgehead atoms. The van der Waals surface area contributed by atoms with Crippen LogP contribution >= 0.6 is 22.7 Å². The van der Waals surface area contributed by atoms with E-state index in [2.05, 4.69) is 58.4 Å². The van der Waals surface area contributed by atoms with E-state index < -0.39 is 31.6 Å². The fraction of sp³-hybridized carbons (Fsp3) is 0.467. The number of carbonyl (C=O) groups is 2. The lowest BCUT2D eigenvalue weighted by Gasteiger charge is -2.23. The number of aliphatic hydroxyl groups is 1. The number of hydrogen-bond acceptors (Lipinski definition) is 14. The highest BCUT2D eigenvalue weighted by molar-refractivity contribution is 7.16. The van der Waals surface area contributed by atoms with Gasteiger partial charge in [-0.3, -0.25) is 4.57 Å². The molecule has 0 saturated carbocycles. The minimum atomic E-state index is -1.25. The second kappa shape index (κ2) is 22.4. The van der Waals surface area contributed by atoms with Gasteiger partial charge in [-0.15, -0.1) is 21.5 Å². The van der Waals surface area contributed by atoms with Crippen LogP contribution in [0.1, 0.15) is 66.5 Å². The first-order valence-electron chi connectivity index (χ1n) is 20.8. The number of aromatic nitrogens is 4. The average Bonchev–Trinajstić information content (AvgIpc) is 3.80. The van der Waals surface area contributed by atoms with Gasteiger partial charge in [0, 0.05) is 45.3 Å². The smallest absolute Gasteiger partial charge is 0.410 e. The number of ether oxygens (including phenoxy) is 4. The zero-order valence-corrected chi connectivity index (χ0v) is 40.3. The van der Waals surface area contributed by atoms with Crippen molar-refractivity contribution < 1.29 is 38.0 Å². The molecule has 5 rings (SSSR count). The summed E-state index contributed by atoms with van der Waals surface area (Å²) in [6.45, 7) is 16.1. The highest BCUT2D eigenvalue weighted by atomic mass is 32.1. The molecule has 14 nitrogen and oxygen atoms in total. The van der Waals surface area contributed by atoms with Crippen LogP contribution in [0.15, 0.2) is 53.5 Å². The van der Waals surface area contributed by atoms with Crippen molar-refractivity contribution in [3.63, 3.8) is 0 Å². The second-order valence-electron chi connectivity index (χ2n) is 17.0. The van der Waals surface area contributed by atoms with Crippen LogP contribution in [0.2, 0.25) is 25.7 Å². The van der Waals surface area contributed by atoms with Crippen LogP contribution in [0, 0.1) is 24.6 Å². The lowest BCUT2D eigenvalue weighted by atomic mass is 10.2. The van der Waals surface area contributed by atoms with E-state index in [-0.39, 0.29) is 31.2 Å². The molecular weight excluding hydrogens is 862 g/mol. The third kappa shape index (κ3) is 14.4. The average molecular weight is 920 g/mol. The molecule has 0 unspecified atom stereocenters. The molecule has 0 saturated heterocycles. The van der Waals surface area contributed by atoms with Crippen molar-refractivity contribution in [1.29, 1.82) is 0 Å². The van der Waals surface area contributed by atoms with Gasteiger partial charge < -0.3 is 33.9 Å². The van der Waals surface area contributed by atoms with E-state index in [4.69, 9.17) is 28.9 Å². The second-order valence-corrected chi connectivity index (χ2v) is 24.7. The molecule has 3 heterocycles. The van der Waals surface area contributed by atoms with Crippen LogP contribution in [-0.4, -0.2) is 103 Å². The van der Waals surface area contributed by atoms with Crippen LogP contribution in [0.4, 0.5) is 26.0 Å². The van der Waals surface area contributed by atoms with Crippen molar-refractivity contribution in [2.45, 2.75) is 91.4 Å². The van der Waals surface area contributed by atoms with E-state index in [0.717, 1.165) is 26.6 Å². The molecule has 0 spiro atoms. The summed E-state index contributed by atoms with van der Waals surface area (Å²) < 4.78 is 40.5. The molecule has 0 aliphatic rings. The Morgan fingerprint density at radius 1 is 1.03 bits per heavy atom. The molecule has 0 fully saturated rings. The molecule has 338 valence electrons. The standard InChI is InChI=1S/C45H58FN7O7S2Si/c1-31-28-38(49-50-40(31)48-43-53(30-58-26-27-63(7,8)9)34-17-10-11-18-36(34)61-43)52(23-12-13-24-54)42-47-39(41(55)57-6)37(62-42)19-15-25-59-35-21-20-32(29-33(35)46)16-14-22-51(5)44(56)60-45(2,3)4/h10-11,17-18,20-21,28-29,54H,12-13,15,19,22-27,30H2,1-9H3. The molecule has 0 atom stereocenters. The highest BCUT2D eigenvalue weighted by Crippen LogP contribution is 2.34. The summed E-state index contributed by atoms with van der Waals surface area (Å²) in [6.07, 6.45) is 1.53. The van der Waals surface area contributed by atoms with Gasteiger partial charge in [0.2, 0.25) is 0 Å². The fourth-order valence-corrected chi connectivity index (χ4v) is 8.81. The number of methoxy groups -OCH3 is 1. The van der Waals surface area contributed by atoms with E-state index in [1.807, 2.05) is 30.0 Å². The van der Waals surface area contributed by atoms with Crippen LogP contribution in [0.3, 0.4) is 0 Å². The van der Waals surface area contributed by atoms with E-state index in [1.165, 1.54) is 35.5 Å². The summed E-state index contributed by atoms with van der Waals surface area (Å²) in [5.41, 5.74) is 1.81. The molecule has 1 N–H and O–H groups in total. The van der Waals surface area contributed by atoms with Gasteiger partial charge in [-0.1, -0.05) is 55.0 Å². The highest BCUT2D eigenvalue weighted by Gasteiger charge is 2.24. The molecular formula is C45H58FN7O7S2Si. The number of unbranched alkanes of at least 4 members (excludes halogenated alkanes) is 1. The largest absolute Gasteiger partial charge is 0.491 e. The van der Waals surface area contributed by atoms with E-state index >= 15 is 4.39 Å². The number of rotatable bonds is 19. The number of fused-ring (bicyclic) bond motifs is 1. The quantitative estimate of drug-likeness (QED) is 0.0366. The summed E-state index contributed by atoms with van der Waals surface area (Å²) in [6, 6.07) is 15.5. The molecule has 0 radical (unpaired) electrons. The summed E-state index contributed by atoms with van der Waals surface area (Å²) in [4.78, 5) is 39.5. The Morgan fingerprint density at radius 3 is 2.51 bits per heavy atom. The first-order chi connectivity index (χ1) is 30.0. The van der Waals surface area contributed by atoms with Crippen LogP contribution < -0.4 is 14.4 Å². The Hall–Kier alpha value is -5.19. The number of benzene rings is 2. The maximum Gasteiger partial charge on any atom is 0.410 e. The molecule has 1 amide bonds. The zero-order valence-electron chi connectivity index (χ0n) is 37.6. The summed E-state index contributed by atoms with van der Waals surface area (Å²) >= 11 is 2.89. The van der Waals surface area contributed by atoms with Gasteiger partial charge in [0.05, 0.1) is 30.5 Å². The zero-order chi connectivity index (χ0) is 45.7. The van der Waals surface area contributed by atoms with Crippen molar-refractivity contribution in [2.75, 3.05) is 52.0 Å². The maximum atomic E-state index is 15.0. The van der Waals surface area contributed by atoms with Crippen molar-refractivity contribution in [3.05, 3.63) is 80.8 Å². The van der Waals surface area contributed by atoms with Crippen molar-refractivity contribution in [2.24, 2.45) is 4.99 Å². The summed E-state index contributed by atoms with van der Waals surface area (Å²) in [5.74, 6) is 5.62. The van der Waals surface area contributed by atoms with Crippen LogP contribution in [0.5, 0.6) is 5.75 Å². The Morgan fingerprint density at radius 2 is 1.81 bits per heavy atom. The summed E-state index contributed by atoms with van der Waals surface area (Å²) in [7, 11) is 1.63. The number of esters is 1. The van der Waals surface area contributed by atoms with Gasteiger partial charge in [0.25, 0.3) is 0 Å². The number of amides is 1. The lowest BCUT2D eigenvalue weighted by molar-refractivity contribution is 0.0320. The SMILES string of the molecule is COC(=O)c1nc(N(CCCCO)c2cc(C)c(N=c3sc4ccccc4n3COCC[Si](C)(C)C)nn2)sc1CCCOc1ccc(C#CCN(C)C(=O)OC(C)(C)C)cc1F. The van der Waals surface area contributed by atoms with E-state index in [1.54, 1.807) is 45.2 Å². The maximum absolute atomic E-state index is 15.0. The van der Waals surface area contributed by atoms with Gasteiger partial charge in [-0.25, -0.2) is 19.0 Å². The Labute approximate surface area is 377 Å². The van der Waals surface area contributed by atoms with Crippen molar-refractivity contribution >= 4 is 69.8 Å². The molecule has 0 aliphatic carbocycles. The Kier molecular flexibility index (Phi) is 17.4. The number of anilines is 2. The Balaban J connectivity index is 1.30. The number of thiazole rings is 2. The van der Waals surface area contributed by atoms with Crippen LogP contribution in [-0.2, 0) is 27.4 Å². The normalized spacial score (nSPS) is 12.0. The van der Waals surface area contributed by atoms with Gasteiger partial charge in [0.1, 0.15) is 12.3 Å². The van der Waals surface area contributed by atoms with Gasteiger partial charge in [-0.05, 0) is 101 Å². The third-order valence-electron chi connectivity index (χ3n) is 9.31. The number of aliphatic hydroxyl groups excluding tert-OH is 1. The number of halogens is 1. The fourth-order valence-electron chi connectivity index (χ4n) is 5.91. The Bertz CT molecular complexity index is 2480. The number of para-hydroxylation sites is 1. The first kappa shape index (κ1) is 48.8. The van der Waals surface area contributed by atoms with Gasteiger partial charge in [-0.2, -0.15) is 4.99 Å². The molecule has 2 aromatic carbocycles.